The van der Waals surface area contributed by atoms with Gasteiger partial charge in [0, 0.05) is 45.9 Å². The number of fused-ring (bicyclic) bond motifs is 3. The number of hydrogen-bond donors (Lipinski definition) is 6. The van der Waals surface area contributed by atoms with Gasteiger partial charge in [-0.1, -0.05) is 165 Å². The standard InChI is InChI=1S/C25H36O4.2C21H30O2.C6H12N2.3ClH.4H2N.3Pt/c1-6-7-8-9-12-24(2,3)17-14-20(26)22-18-13-16(23(27)28)10-11-19(18)25(4,5)29-21(22)15-17;2*1-5-6-7-8-16-12-19(22)21(20(23)13-16)18-11-15(4)9-10-17(18)14(2)3;7-5-3-1-2-4-6(5)8;;;;;;;;;;/h10,14-15,18-19,26H,6-9,11-13H2,1-5H3,(H,27,28);2*11-13,17-18,22-23H,2,5-10H2,1,3-4H3;5-8H,1-4H2;3*1H;4*1H2;;;/q;;;-2;;;;4*-1;3*+1/p-3. The first kappa shape index (κ1) is 94.5. The zero-order valence-electron chi connectivity index (χ0n) is 57.4. The molecule has 8 atom stereocenters. The SMILES string of the molecule is C=C(C)C1CCC(C)=CC1c1c(O)cc(CCCCC)cc1O.C=C(C)C1CCC(C)=CC1c1c(O)cc(CCCCC)cc1O.CCCCCCC(C)(C)c1cc(O)c2c(c1)OC(C)(C)C1CC=C(C(=O)O)CC21.[Cl][Pt].[Cl][Pt].[Cl][Pt].[NH-]C1CCCCC1[NH-].[NH2-].[NH2-].[NH2-].[NH2-]. The second kappa shape index (κ2) is 48.1. The number of hydrogen-bond acceptors (Lipinski definition) is 7. The maximum absolute atomic E-state index is 11.6. The van der Waals surface area contributed by atoms with Gasteiger partial charge in [0.2, 0.25) is 0 Å². The minimum absolute atomic E-state index is 0. The van der Waals surface area contributed by atoms with E-state index in [9.17, 15) is 35.4 Å². The number of nitrogens with two attached hydrogens (primary N) is 4. The van der Waals surface area contributed by atoms with Crippen LogP contribution < -0.4 is 4.74 Å². The van der Waals surface area contributed by atoms with Crippen molar-refractivity contribution >= 4 is 34.2 Å². The van der Waals surface area contributed by atoms with Crippen LogP contribution in [-0.4, -0.2) is 54.3 Å². The van der Waals surface area contributed by atoms with E-state index in [-0.39, 0.29) is 106 Å². The molecule has 0 amide bonds. The fraction of sp³-hybridized carbons (Fsp3) is 0.603. The Morgan fingerprint density at radius 1 is 0.613 bits per heavy atom. The summed E-state index contributed by atoms with van der Waals surface area (Å²) >= 11 is 4.83. The van der Waals surface area contributed by atoms with Crippen molar-refractivity contribution in [3.05, 3.63) is 165 Å². The Kier molecular flexibility index (Phi) is 48.9. The van der Waals surface area contributed by atoms with E-state index in [1.807, 2.05) is 50.3 Å². The second-order valence-corrected chi connectivity index (χ2v) is 26.6. The van der Waals surface area contributed by atoms with Gasteiger partial charge in [-0.2, -0.15) is 12.1 Å². The van der Waals surface area contributed by atoms with E-state index in [1.54, 1.807) is 56.3 Å². The largest absolute Gasteiger partial charge is 0.693 e. The Bertz CT molecular complexity index is 2640. The summed E-state index contributed by atoms with van der Waals surface area (Å²) in [6, 6.07) is 11.1. The molecule has 0 radical (unpaired) electrons. The normalized spacial score (nSPS) is 21.2. The smallest absolute Gasteiger partial charge is 0.0548 e. The first-order valence-corrected chi connectivity index (χ1v) is 40.7. The first-order chi connectivity index (χ1) is 42.2. The van der Waals surface area contributed by atoms with E-state index >= 15 is 0 Å². The summed E-state index contributed by atoms with van der Waals surface area (Å²) in [6.45, 7) is 31.7. The van der Waals surface area contributed by atoms with Gasteiger partial charge in [0.05, 0.1) is 0 Å². The van der Waals surface area contributed by atoms with Gasteiger partial charge in [-0.3, -0.25) is 0 Å². The van der Waals surface area contributed by atoms with Crippen molar-refractivity contribution in [3.8, 4) is 34.5 Å². The van der Waals surface area contributed by atoms with Crippen LogP contribution in [0, 0.1) is 17.8 Å². The number of carboxylic acids is 1. The van der Waals surface area contributed by atoms with E-state index in [4.69, 9.17) is 16.2 Å². The number of carboxylic acid groups (broad SMARTS) is 1. The van der Waals surface area contributed by atoms with Crippen LogP contribution in [-0.2, 0) is 79.4 Å². The molecular weight excluding hydrogens is 1780 g/mol. The van der Waals surface area contributed by atoms with Gasteiger partial charge < -0.3 is 71.4 Å². The molecule has 3 aromatic rings. The number of unbranched alkanes of at least 4 members (excludes halogenated alkanes) is 7. The first-order valence-electron chi connectivity index (χ1n) is 32.3. The van der Waals surface area contributed by atoms with Crippen molar-refractivity contribution in [3.63, 3.8) is 0 Å². The number of carbonyl (C=O) groups is 1. The third kappa shape index (κ3) is 29.0. The molecule has 16 N–H and O–H groups in total. The number of aromatic hydroxyl groups is 5. The molecule has 0 aromatic heterocycles. The predicted octanol–water partition coefficient (Wildman–Crippen LogP) is 25.3. The van der Waals surface area contributed by atoms with Crippen LogP contribution in [0.5, 0.6) is 34.5 Å². The second-order valence-electron chi connectivity index (χ2n) is 26.6. The number of ether oxygens (including phenoxy) is 1. The summed E-state index contributed by atoms with van der Waals surface area (Å²) in [5, 5.41) is 62.7. The van der Waals surface area contributed by atoms with E-state index in [0.717, 1.165) is 110 Å². The Morgan fingerprint density at radius 3 is 1.37 bits per heavy atom. The number of halogens is 3. The van der Waals surface area contributed by atoms with Crippen LogP contribution in [0.3, 0.4) is 0 Å². The molecule has 1 fully saturated rings. The zero-order chi connectivity index (χ0) is 67.3. The van der Waals surface area contributed by atoms with Gasteiger partial charge in [-0.05, 0) is 183 Å². The average Bonchev–Trinajstić information content (AvgIpc) is 0.745. The number of rotatable bonds is 19. The zero-order valence-corrected chi connectivity index (χ0v) is 66.5. The molecule has 1 saturated carbocycles. The number of phenols is 5. The minimum atomic E-state index is -0.862. The van der Waals surface area contributed by atoms with Gasteiger partial charge >= 0.3 is 90.5 Å². The van der Waals surface area contributed by atoms with Crippen LogP contribution in [0.4, 0.5) is 0 Å². The van der Waals surface area contributed by atoms with Crippen molar-refractivity contribution in [1.29, 1.82) is 0 Å². The van der Waals surface area contributed by atoms with Crippen LogP contribution in [0.25, 0.3) is 36.1 Å². The molecule has 543 valence electrons. The molecular formula is C73H116Cl3N6O8Pt3-6. The van der Waals surface area contributed by atoms with Crippen molar-refractivity contribution in [1.82, 2.24) is 0 Å². The summed E-state index contributed by atoms with van der Waals surface area (Å²) in [6.07, 6.45) is 30.3. The number of nitrogens with one attached hydrogen (secondary N) is 2. The number of aliphatic carboxylic acids is 1. The number of aryl methyl sites for hydroxylation is 2. The third-order valence-electron chi connectivity index (χ3n) is 18.7. The fourth-order valence-corrected chi connectivity index (χ4v) is 13.5. The Morgan fingerprint density at radius 2 is 1.00 bits per heavy atom. The maximum atomic E-state index is 11.6. The van der Waals surface area contributed by atoms with Crippen LogP contribution in [0.1, 0.15) is 262 Å². The molecule has 8 rings (SSSR count). The Balaban J connectivity index is -0.00000117. The van der Waals surface area contributed by atoms with E-state index in [1.165, 1.54) is 75.4 Å². The van der Waals surface area contributed by atoms with Gasteiger partial charge in [-0.15, -0.1) is 0 Å². The van der Waals surface area contributed by atoms with Crippen LogP contribution in [0.2, 0.25) is 0 Å². The van der Waals surface area contributed by atoms with Crippen molar-refractivity contribution in [2.24, 2.45) is 17.8 Å². The van der Waals surface area contributed by atoms with Gasteiger partial charge in [0.25, 0.3) is 0 Å². The van der Waals surface area contributed by atoms with Gasteiger partial charge in [-0.25, -0.2) is 4.79 Å². The molecule has 14 nitrogen and oxygen atoms in total. The molecule has 5 aliphatic rings. The third-order valence-corrected chi connectivity index (χ3v) is 18.7. The van der Waals surface area contributed by atoms with Crippen LogP contribution >= 0.6 is 28.3 Å². The quantitative estimate of drug-likeness (QED) is 0.0494. The molecule has 8 unspecified atom stereocenters. The van der Waals surface area contributed by atoms with E-state index in [2.05, 4.69) is 122 Å². The summed E-state index contributed by atoms with van der Waals surface area (Å²) in [7, 11) is 13.8. The monoisotopic (exact) mass is 1890 g/mol. The predicted molar refractivity (Wildman–Crippen MR) is 383 cm³/mol. The molecule has 4 aliphatic carbocycles. The molecule has 93 heavy (non-hydrogen) atoms. The Labute approximate surface area is 607 Å². The molecule has 3 aromatic carbocycles. The fourth-order valence-electron chi connectivity index (χ4n) is 13.5. The van der Waals surface area contributed by atoms with Gasteiger partial charge in [0.15, 0.2) is 0 Å². The summed E-state index contributed by atoms with van der Waals surface area (Å²) in [5.74, 6) is 1.70. The van der Waals surface area contributed by atoms with Gasteiger partial charge in [0.1, 0.15) is 40.1 Å². The molecule has 1 aliphatic heterocycles. The van der Waals surface area contributed by atoms with Crippen molar-refractivity contribution < 1.29 is 96.5 Å². The average molecular weight is 1900 g/mol. The molecule has 0 spiro atoms. The van der Waals surface area contributed by atoms with E-state index in [0.29, 0.717) is 29.5 Å². The Hall–Kier alpha value is -2.68. The molecule has 0 saturated heterocycles. The number of phenolic OH excluding ortho intramolecular Hbond substituents is 5. The van der Waals surface area contributed by atoms with Crippen molar-refractivity contribution in [2.45, 2.75) is 265 Å². The molecule has 0 bridgehead atoms. The summed E-state index contributed by atoms with van der Waals surface area (Å²) < 4.78 is 6.41. The van der Waals surface area contributed by atoms with E-state index < -0.39 is 11.6 Å². The summed E-state index contributed by atoms with van der Waals surface area (Å²) in [5.41, 5.74) is 24.7. The minimum Gasteiger partial charge on any atom is -0.693 e. The van der Waals surface area contributed by atoms with Crippen LogP contribution in [0.15, 0.2) is 95.6 Å². The number of allylic oxidation sites excluding steroid dienone is 7. The van der Waals surface area contributed by atoms with Crippen molar-refractivity contribution in [2.75, 3.05) is 0 Å². The summed E-state index contributed by atoms with van der Waals surface area (Å²) in [4.78, 5) is 11.6. The maximum Gasteiger partial charge on any atom is -0.0548 e. The number of benzene rings is 3. The molecule has 1 heterocycles. The topological polar surface area (TPSA) is 329 Å². The molecule has 20 heteroatoms.